The zero-order valence-corrected chi connectivity index (χ0v) is 15.0. The zero-order valence-electron chi connectivity index (χ0n) is 15.0. The van der Waals surface area contributed by atoms with Gasteiger partial charge in [-0.15, -0.1) is 0 Å². The SMILES string of the molecule is CCn1cc(C(=O)O)c(=O)c2cc(F)c(N3CC4C5CCC(C5)C4O3)cc21. The smallest absolute Gasteiger partial charge is 0.341 e. The Kier molecular flexibility index (Phi) is 3.59. The van der Waals surface area contributed by atoms with Crippen LogP contribution in [0.3, 0.4) is 0 Å². The highest BCUT2D eigenvalue weighted by Crippen LogP contribution is 2.53. The zero-order chi connectivity index (χ0) is 18.9. The molecule has 6 nitrogen and oxygen atoms in total. The molecule has 0 radical (unpaired) electrons. The maximum Gasteiger partial charge on any atom is 0.341 e. The summed E-state index contributed by atoms with van der Waals surface area (Å²) in [5.74, 6) is -0.181. The lowest BCUT2D eigenvalue weighted by molar-refractivity contribution is 0.0356. The molecule has 1 aromatic heterocycles. The van der Waals surface area contributed by atoms with Gasteiger partial charge in [0.15, 0.2) is 0 Å². The summed E-state index contributed by atoms with van der Waals surface area (Å²) in [6, 6.07) is 2.77. The van der Waals surface area contributed by atoms with Crippen molar-refractivity contribution in [3.8, 4) is 0 Å². The third-order valence-corrected chi connectivity index (χ3v) is 6.62. The lowest BCUT2D eigenvalue weighted by Crippen LogP contribution is -2.24. The third-order valence-electron chi connectivity index (χ3n) is 6.62. The first kappa shape index (κ1) is 16.7. The van der Waals surface area contributed by atoms with E-state index in [-0.39, 0.29) is 17.1 Å². The second-order valence-corrected chi connectivity index (χ2v) is 7.91. The molecule has 0 spiro atoms. The molecule has 2 aliphatic carbocycles. The highest BCUT2D eigenvalue weighted by molar-refractivity contribution is 5.93. The van der Waals surface area contributed by atoms with Gasteiger partial charge >= 0.3 is 5.97 Å². The van der Waals surface area contributed by atoms with Gasteiger partial charge in [-0.25, -0.2) is 9.18 Å². The number of nitrogens with zero attached hydrogens (tertiary/aromatic N) is 2. The number of carboxylic acid groups (broad SMARTS) is 1. The van der Waals surface area contributed by atoms with Gasteiger partial charge < -0.3 is 9.67 Å². The van der Waals surface area contributed by atoms with E-state index in [4.69, 9.17) is 4.84 Å². The fraction of sp³-hybridized carbons (Fsp3) is 0.500. The number of pyridine rings is 1. The van der Waals surface area contributed by atoms with Gasteiger partial charge in [-0.05, 0) is 50.2 Å². The Morgan fingerprint density at radius 2 is 2.11 bits per heavy atom. The van der Waals surface area contributed by atoms with Crippen LogP contribution in [0, 0.1) is 23.6 Å². The predicted octanol–water partition coefficient (Wildman–Crippen LogP) is 3.03. The van der Waals surface area contributed by atoms with Crippen LogP contribution in [0.2, 0.25) is 0 Å². The van der Waals surface area contributed by atoms with Gasteiger partial charge in [0.2, 0.25) is 5.43 Å². The Balaban J connectivity index is 1.60. The maximum atomic E-state index is 14.9. The number of hydrogen-bond donors (Lipinski definition) is 1. The lowest BCUT2D eigenvalue weighted by atomic mass is 9.87. The molecule has 4 unspecified atom stereocenters. The number of halogens is 1. The molecule has 27 heavy (non-hydrogen) atoms. The van der Waals surface area contributed by atoms with Gasteiger partial charge in [-0.1, -0.05) is 0 Å². The summed E-state index contributed by atoms with van der Waals surface area (Å²) in [6.45, 7) is 2.99. The minimum absolute atomic E-state index is 0.0810. The quantitative estimate of drug-likeness (QED) is 0.897. The van der Waals surface area contributed by atoms with E-state index in [2.05, 4.69) is 0 Å². The minimum atomic E-state index is -1.31. The van der Waals surface area contributed by atoms with Crippen molar-refractivity contribution in [3.05, 3.63) is 39.9 Å². The van der Waals surface area contributed by atoms with Crippen molar-refractivity contribution in [2.45, 2.75) is 38.8 Å². The highest BCUT2D eigenvalue weighted by Gasteiger charge is 2.53. The normalized spacial score (nSPS) is 28.9. The molecule has 5 rings (SSSR count). The second-order valence-electron chi connectivity index (χ2n) is 7.91. The second kappa shape index (κ2) is 5.79. The van der Waals surface area contributed by atoms with Crippen molar-refractivity contribution < 1.29 is 19.1 Å². The van der Waals surface area contributed by atoms with E-state index < -0.39 is 17.2 Å². The molecule has 1 aliphatic heterocycles. The molecule has 142 valence electrons. The summed E-state index contributed by atoms with van der Waals surface area (Å²) < 4.78 is 16.6. The van der Waals surface area contributed by atoms with Crippen molar-refractivity contribution in [2.24, 2.45) is 17.8 Å². The predicted molar refractivity (Wildman–Crippen MR) is 97.3 cm³/mol. The number of aromatic nitrogens is 1. The molecule has 0 amide bonds. The van der Waals surface area contributed by atoms with E-state index in [1.54, 1.807) is 15.7 Å². The lowest BCUT2D eigenvalue weighted by Gasteiger charge is -2.22. The van der Waals surface area contributed by atoms with Gasteiger partial charge in [0.1, 0.15) is 17.1 Å². The third kappa shape index (κ3) is 2.34. The first-order chi connectivity index (χ1) is 13.0. The number of hydrogen-bond acceptors (Lipinski definition) is 4. The fourth-order valence-electron chi connectivity index (χ4n) is 5.32. The van der Waals surface area contributed by atoms with E-state index >= 15 is 0 Å². The number of carboxylic acids is 1. The summed E-state index contributed by atoms with van der Waals surface area (Å²) in [5.41, 5.74) is -0.168. The molecule has 1 aromatic carbocycles. The van der Waals surface area contributed by atoms with E-state index in [9.17, 15) is 19.1 Å². The summed E-state index contributed by atoms with van der Waals surface area (Å²) in [6.07, 6.45) is 5.14. The Morgan fingerprint density at radius 1 is 1.33 bits per heavy atom. The van der Waals surface area contributed by atoms with Crippen molar-refractivity contribution in [2.75, 3.05) is 11.6 Å². The van der Waals surface area contributed by atoms with E-state index in [1.807, 2.05) is 6.92 Å². The van der Waals surface area contributed by atoms with Crippen molar-refractivity contribution in [1.82, 2.24) is 4.57 Å². The van der Waals surface area contributed by atoms with Crippen LogP contribution in [0.1, 0.15) is 36.5 Å². The average molecular weight is 372 g/mol. The molecule has 2 heterocycles. The monoisotopic (exact) mass is 372 g/mol. The standard InChI is InChI=1S/C20H21FN2O4/c1-2-22-8-14(20(25)26)18(24)12-6-15(21)17(7-16(12)22)23-9-13-10-3-4-11(5-10)19(13)27-23/h6-8,10-11,13,19H,2-5,9H2,1H3,(H,25,26). The number of hydroxylamine groups is 1. The van der Waals surface area contributed by atoms with E-state index in [1.165, 1.54) is 25.5 Å². The van der Waals surface area contributed by atoms with Crippen LogP contribution in [0.4, 0.5) is 10.1 Å². The number of aromatic carboxylic acids is 1. The molecule has 7 heteroatoms. The van der Waals surface area contributed by atoms with Crippen LogP contribution in [0.5, 0.6) is 0 Å². The number of benzene rings is 1. The van der Waals surface area contributed by atoms with Crippen LogP contribution >= 0.6 is 0 Å². The van der Waals surface area contributed by atoms with Crippen molar-refractivity contribution in [1.29, 1.82) is 0 Å². The summed E-state index contributed by atoms with van der Waals surface area (Å²) in [4.78, 5) is 29.9. The number of rotatable bonds is 3. The highest BCUT2D eigenvalue weighted by atomic mass is 19.1. The van der Waals surface area contributed by atoms with Crippen LogP contribution in [0.25, 0.3) is 10.9 Å². The van der Waals surface area contributed by atoms with Gasteiger partial charge in [0.05, 0.1) is 18.2 Å². The van der Waals surface area contributed by atoms with Crippen LogP contribution < -0.4 is 10.5 Å². The summed E-state index contributed by atoms with van der Waals surface area (Å²) in [5, 5.41) is 11.0. The van der Waals surface area contributed by atoms with Gasteiger partial charge in [0, 0.05) is 24.0 Å². The molecular weight excluding hydrogens is 351 g/mol. The Morgan fingerprint density at radius 3 is 2.81 bits per heavy atom. The number of anilines is 1. The molecule has 3 fully saturated rings. The minimum Gasteiger partial charge on any atom is -0.477 e. The molecule has 2 aromatic rings. The van der Waals surface area contributed by atoms with Crippen LogP contribution in [0.15, 0.2) is 23.1 Å². The van der Waals surface area contributed by atoms with Gasteiger partial charge in [0.25, 0.3) is 0 Å². The van der Waals surface area contributed by atoms with Crippen LogP contribution in [-0.4, -0.2) is 28.3 Å². The molecule has 2 saturated carbocycles. The maximum absolute atomic E-state index is 14.9. The molecular formula is C20H21FN2O4. The van der Waals surface area contributed by atoms with E-state index in [0.717, 1.165) is 6.07 Å². The number of carbonyl (C=O) groups is 1. The Labute approximate surface area is 155 Å². The first-order valence-electron chi connectivity index (χ1n) is 9.52. The summed E-state index contributed by atoms with van der Waals surface area (Å²) >= 11 is 0. The summed E-state index contributed by atoms with van der Waals surface area (Å²) in [7, 11) is 0. The largest absolute Gasteiger partial charge is 0.477 e. The van der Waals surface area contributed by atoms with E-state index in [0.29, 0.717) is 42.0 Å². The average Bonchev–Trinajstić information content (AvgIpc) is 3.35. The topological polar surface area (TPSA) is 71.8 Å². The van der Waals surface area contributed by atoms with Gasteiger partial charge in [-0.3, -0.25) is 14.7 Å². The molecule has 2 bridgehead atoms. The first-order valence-corrected chi connectivity index (χ1v) is 9.52. The van der Waals surface area contributed by atoms with Crippen LogP contribution in [-0.2, 0) is 11.4 Å². The molecule has 3 aliphatic rings. The molecule has 4 atom stereocenters. The Hall–Kier alpha value is -2.41. The molecule has 1 saturated heterocycles. The van der Waals surface area contributed by atoms with Crippen molar-refractivity contribution >= 4 is 22.6 Å². The number of fused-ring (bicyclic) bond motifs is 6. The van der Waals surface area contributed by atoms with Gasteiger partial charge in [-0.2, -0.15) is 0 Å². The Bertz CT molecular complexity index is 999. The molecule has 1 N–H and O–H groups in total. The fourth-order valence-corrected chi connectivity index (χ4v) is 5.32. The van der Waals surface area contributed by atoms with Crippen molar-refractivity contribution in [3.63, 3.8) is 0 Å². The number of aryl methyl sites for hydroxylation is 1.